The molecule has 2 aromatic carbocycles. The van der Waals surface area contributed by atoms with Crippen LogP contribution in [0.25, 0.3) is 0 Å². The van der Waals surface area contributed by atoms with Gasteiger partial charge in [-0.2, -0.15) is 5.10 Å². The van der Waals surface area contributed by atoms with Crippen LogP contribution in [-0.2, 0) is 0 Å². The lowest BCUT2D eigenvalue weighted by atomic mass is 10.2. The van der Waals surface area contributed by atoms with E-state index in [1.807, 2.05) is 32.9 Å². The average Bonchev–Trinajstić information content (AvgIpc) is 2.63. The second-order valence-corrected chi connectivity index (χ2v) is 5.73. The summed E-state index contributed by atoms with van der Waals surface area (Å²) >= 11 is 0. The smallest absolute Gasteiger partial charge is 0.271 e. The Labute approximate surface area is 153 Å². The molecule has 0 aromatic heterocycles. The van der Waals surface area contributed by atoms with Gasteiger partial charge in [-0.3, -0.25) is 4.79 Å². The number of rotatable bonds is 8. The molecule has 0 saturated heterocycles. The number of nitrogens with one attached hydrogen (secondary N) is 1. The van der Waals surface area contributed by atoms with Crippen molar-refractivity contribution in [1.82, 2.24) is 5.43 Å². The molecule has 0 atom stereocenters. The van der Waals surface area contributed by atoms with E-state index in [-0.39, 0.29) is 12.0 Å². The van der Waals surface area contributed by atoms with Crippen LogP contribution in [-0.4, -0.2) is 31.9 Å². The second kappa shape index (κ2) is 9.46. The van der Waals surface area contributed by atoms with Crippen LogP contribution < -0.4 is 19.6 Å². The zero-order chi connectivity index (χ0) is 18.9. The van der Waals surface area contributed by atoms with Gasteiger partial charge in [-0.05, 0) is 68.8 Å². The van der Waals surface area contributed by atoms with Gasteiger partial charge in [0.25, 0.3) is 5.91 Å². The molecular formula is C20H24N2O4. The average molecular weight is 356 g/mol. The highest BCUT2D eigenvalue weighted by Gasteiger charge is 2.07. The molecule has 1 amide bonds. The fourth-order valence-electron chi connectivity index (χ4n) is 2.21. The van der Waals surface area contributed by atoms with Gasteiger partial charge in [0.15, 0.2) is 11.5 Å². The lowest BCUT2D eigenvalue weighted by Crippen LogP contribution is -2.17. The van der Waals surface area contributed by atoms with E-state index in [1.165, 1.54) is 0 Å². The molecule has 0 aliphatic heterocycles. The number of benzene rings is 2. The first-order valence-electron chi connectivity index (χ1n) is 8.44. The van der Waals surface area contributed by atoms with Gasteiger partial charge in [-0.1, -0.05) is 0 Å². The van der Waals surface area contributed by atoms with E-state index in [9.17, 15) is 4.79 Å². The Kier molecular flexibility index (Phi) is 7.02. The van der Waals surface area contributed by atoms with Gasteiger partial charge >= 0.3 is 0 Å². The van der Waals surface area contributed by atoms with Crippen LogP contribution in [0.15, 0.2) is 47.6 Å². The van der Waals surface area contributed by atoms with Gasteiger partial charge in [0.2, 0.25) is 0 Å². The minimum Gasteiger partial charge on any atom is -0.494 e. The van der Waals surface area contributed by atoms with Crippen LogP contribution in [0.1, 0.15) is 36.7 Å². The Bertz CT molecular complexity index is 755. The summed E-state index contributed by atoms with van der Waals surface area (Å²) in [7, 11) is 1.58. The molecule has 0 bridgehead atoms. The maximum Gasteiger partial charge on any atom is 0.271 e. The first-order valence-corrected chi connectivity index (χ1v) is 8.44. The van der Waals surface area contributed by atoms with E-state index >= 15 is 0 Å². The molecular weight excluding hydrogens is 332 g/mol. The summed E-state index contributed by atoms with van der Waals surface area (Å²) in [5, 5.41) is 3.99. The summed E-state index contributed by atoms with van der Waals surface area (Å²) in [5.41, 5.74) is 3.79. The fourth-order valence-corrected chi connectivity index (χ4v) is 2.21. The van der Waals surface area contributed by atoms with Crippen molar-refractivity contribution in [3.05, 3.63) is 53.6 Å². The summed E-state index contributed by atoms with van der Waals surface area (Å²) in [6.45, 7) is 6.39. The highest BCUT2D eigenvalue weighted by Crippen LogP contribution is 2.28. The third-order valence-electron chi connectivity index (χ3n) is 3.36. The lowest BCUT2D eigenvalue weighted by molar-refractivity contribution is 0.0955. The van der Waals surface area contributed by atoms with Crippen molar-refractivity contribution in [3.8, 4) is 17.2 Å². The molecule has 0 fully saturated rings. The molecule has 0 radical (unpaired) electrons. The predicted octanol–water partition coefficient (Wildman–Crippen LogP) is 3.65. The van der Waals surface area contributed by atoms with Crippen LogP contribution in [0.5, 0.6) is 17.2 Å². The summed E-state index contributed by atoms with van der Waals surface area (Å²) in [4.78, 5) is 12.1. The van der Waals surface area contributed by atoms with Crippen molar-refractivity contribution in [1.29, 1.82) is 0 Å². The molecule has 0 unspecified atom stereocenters. The zero-order valence-corrected chi connectivity index (χ0v) is 15.5. The number of nitrogens with zero attached hydrogens (tertiary/aromatic N) is 1. The van der Waals surface area contributed by atoms with Crippen LogP contribution >= 0.6 is 0 Å². The molecule has 6 nitrogen and oxygen atoms in total. The molecule has 2 aromatic rings. The van der Waals surface area contributed by atoms with Crippen LogP contribution in [0.4, 0.5) is 0 Å². The van der Waals surface area contributed by atoms with Crippen molar-refractivity contribution < 1.29 is 19.0 Å². The summed E-state index contributed by atoms with van der Waals surface area (Å²) in [5.74, 6) is 1.71. The Hall–Kier alpha value is -3.02. The molecule has 0 aliphatic carbocycles. The van der Waals surface area contributed by atoms with Crippen molar-refractivity contribution in [2.24, 2.45) is 5.10 Å². The maximum absolute atomic E-state index is 12.1. The number of carbonyl (C=O) groups is 1. The molecule has 0 saturated carbocycles. The topological polar surface area (TPSA) is 69.2 Å². The first kappa shape index (κ1) is 19.3. The highest BCUT2D eigenvalue weighted by molar-refractivity contribution is 5.95. The third kappa shape index (κ3) is 5.51. The number of hydrogen-bond donors (Lipinski definition) is 1. The number of carbonyl (C=O) groups excluding carboxylic acids is 1. The number of hydrazone groups is 1. The van der Waals surface area contributed by atoms with Crippen molar-refractivity contribution in [2.45, 2.75) is 26.9 Å². The Morgan fingerprint density at radius 1 is 1.15 bits per heavy atom. The molecule has 26 heavy (non-hydrogen) atoms. The van der Waals surface area contributed by atoms with E-state index in [2.05, 4.69) is 10.5 Å². The normalized spacial score (nSPS) is 10.8. The van der Waals surface area contributed by atoms with E-state index in [0.29, 0.717) is 23.7 Å². The number of methoxy groups -OCH3 is 1. The van der Waals surface area contributed by atoms with Crippen molar-refractivity contribution in [3.63, 3.8) is 0 Å². The predicted molar refractivity (Wildman–Crippen MR) is 101 cm³/mol. The molecule has 1 N–H and O–H groups in total. The van der Waals surface area contributed by atoms with Crippen molar-refractivity contribution in [2.75, 3.05) is 13.7 Å². The summed E-state index contributed by atoms with van der Waals surface area (Å²) in [6, 6.07) is 12.3. The Morgan fingerprint density at radius 3 is 2.50 bits per heavy atom. The number of hydrogen-bond acceptors (Lipinski definition) is 5. The monoisotopic (exact) mass is 356 g/mol. The van der Waals surface area contributed by atoms with Gasteiger partial charge in [0, 0.05) is 5.56 Å². The standard InChI is InChI=1S/C20H24N2O4/c1-5-25-17-9-7-16(8-10-17)20(23)22-21-13-15-6-11-18(26-14(2)3)19(12-15)24-4/h6-14H,5H2,1-4H3,(H,22,23). The summed E-state index contributed by atoms with van der Waals surface area (Å²) < 4.78 is 16.3. The molecule has 2 rings (SSSR count). The molecule has 0 spiro atoms. The zero-order valence-electron chi connectivity index (χ0n) is 15.5. The quantitative estimate of drug-likeness (QED) is 0.579. The molecule has 6 heteroatoms. The highest BCUT2D eigenvalue weighted by atomic mass is 16.5. The van der Waals surface area contributed by atoms with Gasteiger partial charge in [0.05, 0.1) is 26.0 Å². The van der Waals surface area contributed by atoms with Gasteiger partial charge in [-0.25, -0.2) is 5.43 Å². The fraction of sp³-hybridized carbons (Fsp3) is 0.300. The van der Waals surface area contributed by atoms with E-state index in [0.717, 1.165) is 11.3 Å². The third-order valence-corrected chi connectivity index (χ3v) is 3.36. The van der Waals surface area contributed by atoms with Crippen LogP contribution in [0, 0.1) is 0 Å². The number of amides is 1. The molecule has 0 aliphatic rings. The second-order valence-electron chi connectivity index (χ2n) is 5.73. The van der Waals surface area contributed by atoms with Crippen molar-refractivity contribution >= 4 is 12.1 Å². The molecule has 0 heterocycles. The summed E-state index contributed by atoms with van der Waals surface area (Å²) in [6.07, 6.45) is 1.60. The SMILES string of the molecule is CCOc1ccc(C(=O)NN=Cc2ccc(OC(C)C)c(OC)c2)cc1. The molecule has 138 valence electrons. The first-order chi connectivity index (χ1) is 12.5. The van der Waals surface area contributed by atoms with Crippen LogP contribution in [0.2, 0.25) is 0 Å². The van der Waals surface area contributed by atoms with Gasteiger partial charge < -0.3 is 14.2 Å². The van der Waals surface area contributed by atoms with E-state index < -0.39 is 0 Å². The van der Waals surface area contributed by atoms with Gasteiger partial charge in [-0.15, -0.1) is 0 Å². The van der Waals surface area contributed by atoms with E-state index in [1.54, 1.807) is 43.7 Å². The lowest BCUT2D eigenvalue weighted by Gasteiger charge is -2.13. The maximum atomic E-state index is 12.1. The number of ether oxygens (including phenoxy) is 3. The van der Waals surface area contributed by atoms with Crippen LogP contribution in [0.3, 0.4) is 0 Å². The van der Waals surface area contributed by atoms with Gasteiger partial charge in [0.1, 0.15) is 5.75 Å². The van der Waals surface area contributed by atoms with E-state index in [4.69, 9.17) is 14.2 Å². The Morgan fingerprint density at radius 2 is 1.88 bits per heavy atom. The minimum absolute atomic E-state index is 0.0526. The Balaban J connectivity index is 1.99. The largest absolute Gasteiger partial charge is 0.494 e. The minimum atomic E-state index is -0.295.